The quantitative estimate of drug-likeness (QED) is 0.827. The fourth-order valence-corrected chi connectivity index (χ4v) is 4.88. The minimum Gasteiger partial charge on any atom is -0.372 e. The summed E-state index contributed by atoms with van der Waals surface area (Å²) in [6.45, 7) is 3.63. The molecule has 0 spiro atoms. The smallest absolute Gasteiger partial charge is 0.0707 e. The molecule has 3 heteroatoms. The molecule has 0 aromatic heterocycles. The highest BCUT2D eigenvalue weighted by Crippen LogP contribution is 2.33. The van der Waals surface area contributed by atoms with Crippen LogP contribution in [0.25, 0.3) is 0 Å². The largest absolute Gasteiger partial charge is 0.372 e. The molecule has 19 heavy (non-hydrogen) atoms. The van der Waals surface area contributed by atoms with Gasteiger partial charge in [0.15, 0.2) is 0 Å². The van der Waals surface area contributed by atoms with Gasteiger partial charge >= 0.3 is 0 Å². The van der Waals surface area contributed by atoms with Crippen molar-refractivity contribution in [2.24, 2.45) is 5.92 Å². The number of rotatable bonds is 2. The van der Waals surface area contributed by atoms with E-state index in [1.165, 1.54) is 71.0 Å². The Morgan fingerprint density at radius 2 is 1.68 bits per heavy atom. The third-order valence-electron chi connectivity index (χ3n) is 5.84. The van der Waals surface area contributed by atoms with Gasteiger partial charge in [0, 0.05) is 31.7 Å². The molecule has 3 saturated heterocycles. The van der Waals surface area contributed by atoms with E-state index in [-0.39, 0.29) is 0 Å². The lowest BCUT2D eigenvalue weighted by Gasteiger charge is -2.43. The first-order valence-corrected chi connectivity index (χ1v) is 8.51. The molecule has 3 heterocycles. The number of hydrogen-bond donors (Lipinski definition) is 1. The van der Waals surface area contributed by atoms with Gasteiger partial charge in [0.25, 0.3) is 0 Å². The summed E-state index contributed by atoms with van der Waals surface area (Å²) in [5.74, 6) is 0.992. The molecule has 1 N–H and O–H groups in total. The number of piperidine rings is 1. The van der Waals surface area contributed by atoms with Gasteiger partial charge in [0.1, 0.15) is 0 Å². The third-order valence-corrected chi connectivity index (χ3v) is 5.84. The summed E-state index contributed by atoms with van der Waals surface area (Å²) in [6, 6.07) is 1.59. The number of nitrogens with zero attached hydrogens (tertiary/aromatic N) is 1. The highest BCUT2D eigenvalue weighted by atomic mass is 16.5. The summed E-state index contributed by atoms with van der Waals surface area (Å²) < 4.78 is 5.94. The van der Waals surface area contributed by atoms with Crippen molar-refractivity contribution in [1.29, 1.82) is 0 Å². The highest BCUT2D eigenvalue weighted by molar-refractivity contribution is 4.92. The van der Waals surface area contributed by atoms with E-state index in [1.54, 1.807) is 0 Å². The fourth-order valence-electron chi connectivity index (χ4n) is 4.88. The van der Waals surface area contributed by atoms with Gasteiger partial charge in [-0.1, -0.05) is 12.8 Å². The maximum Gasteiger partial charge on any atom is 0.0707 e. The number of hydrogen-bond acceptors (Lipinski definition) is 3. The SMILES string of the molecule is C1CCC2NC(CN3CC4CCC(C3)O4)CCC2C1. The highest BCUT2D eigenvalue weighted by Gasteiger charge is 2.36. The van der Waals surface area contributed by atoms with Crippen molar-refractivity contribution in [3.63, 3.8) is 0 Å². The Morgan fingerprint density at radius 3 is 2.53 bits per heavy atom. The summed E-state index contributed by atoms with van der Waals surface area (Å²) in [5.41, 5.74) is 0. The van der Waals surface area contributed by atoms with Crippen LogP contribution in [0.1, 0.15) is 51.4 Å². The van der Waals surface area contributed by atoms with Crippen LogP contribution < -0.4 is 5.32 Å². The second-order valence-corrected chi connectivity index (χ2v) is 7.27. The molecular formula is C16H28N2O. The normalized spacial score (nSPS) is 47.1. The van der Waals surface area contributed by atoms with E-state index >= 15 is 0 Å². The van der Waals surface area contributed by atoms with Crippen molar-refractivity contribution >= 4 is 0 Å². The molecular weight excluding hydrogens is 236 g/mol. The van der Waals surface area contributed by atoms with E-state index in [4.69, 9.17) is 4.74 Å². The zero-order valence-corrected chi connectivity index (χ0v) is 12.0. The van der Waals surface area contributed by atoms with Crippen LogP contribution in [0.5, 0.6) is 0 Å². The minimum absolute atomic E-state index is 0.546. The van der Waals surface area contributed by atoms with Crippen molar-refractivity contribution < 1.29 is 4.74 Å². The monoisotopic (exact) mass is 264 g/mol. The van der Waals surface area contributed by atoms with Crippen LogP contribution >= 0.6 is 0 Å². The van der Waals surface area contributed by atoms with E-state index in [0.29, 0.717) is 12.2 Å². The number of fused-ring (bicyclic) bond motifs is 3. The molecule has 1 saturated carbocycles. The Labute approximate surface area is 117 Å². The lowest BCUT2D eigenvalue weighted by molar-refractivity contribution is -0.0428. The zero-order valence-electron chi connectivity index (χ0n) is 12.0. The van der Waals surface area contributed by atoms with Crippen molar-refractivity contribution in [2.75, 3.05) is 19.6 Å². The predicted octanol–water partition coefficient (Wildman–Crippen LogP) is 2.16. The van der Waals surface area contributed by atoms with E-state index in [0.717, 1.165) is 18.0 Å². The van der Waals surface area contributed by atoms with Crippen LogP contribution in [0.3, 0.4) is 0 Å². The zero-order chi connectivity index (χ0) is 12.7. The van der Waals surface area contributed by atoms with Gasteiger partial charge in [-0.05, 0) is 44.4 Å². The number of ether oxygens (including phenoxy) is 1. The van der Waals surface area contributed by atoms with Gasteiger partial charge in [-0.25, -0.2) is 0 Å². The average Bonchev–Trinajstić information content (AvgIpc) is 2.78. The van der Waals surface area contributed by atoms with Gasteiger partial charge < -0.3 is 10.1 Å². The van der Waals surface area contributed by atoms with Crippen molar-refractivity contribution in [3.8, 4) is 0 Å². The minimum atomic E-state index is 0.546. The molecule has 0 aromatic carbocycles. The fraction of sp³-hybridized carbons (Fsp3) is 1.00. The molecule has 3 aliphatic heterocycles. The molecule has 2 bridgehead atoms. The van der Waals surface area contributed by atoms with E-state index < -0.39 is 0 Å². The Hall–Kier alpha value is -0.120. The predicted molar refractivity (Wildman–Crippen MR) is 76.2 cm³/mol. The Bertz CT molecular complexity index is 310. The lowest BCUT2D eigenvalue weighted by Crippen LogP contribution is -2.55. The second-order valence-electron chi connectivity index (χ2n) is 7.27. The first kappa shape index (κ1) is 12.6. The van der Waals surface area contributed by atoms with Crippen molar-refractivity contribution in [1.82, 2.24) is 10.2 Å². The Morgan fingerprint density at radius 1 is 0.895 bits per heavy atom. The van der Waals surface area contributed by atoms with Gasteiger partial charge in [-0.2, -0.15) is 0 Å². The van der Waals surface area contributed by atoms with Crippen LogP contribution in [0, 0.1) is 5.92 Å². The van der Waals surface area contributed by atoms with Crippen molar-refractivity contribution in [2.45, 2.75) is 75.7 Å². The molecule has 5 atom stereocenters. The molecule has 0 aromatic rings. The van der Waals surface area contributed by atoms with E-state index in [2.05, 4.69) is 10.2 Å². The molecule has 5 unspecified atom stereocenters. The van der Waals surface area contributed by atoms with Crippen LogP contribution in [0.2, 0.25) is 0 Å². The Balaban J connectivity index is 1.31. The van der Waals surface area contributed by atoms with Crippen molar-refractivity contribution in [3.05, 3.63) is 0 Å². The summed E-state index contributed by atoms with van der Waals surface area (Å²) in [4.78, 5) is 2.67. The summed E-state index contributed by atoms with van der Waals surface area (Å²) >= 11 is 0. The molecule has 3 nitrogen and oxygen atoms in total. The Kier molecular flexibility index (Phi) is 3.55. The van der Waals surface area contributed by atoms with Crippen LogP contribution in [-0.4, -0.2) is 48.8 Å². The number of nitrogens with one attached hydrogen (secondary N) is 1. The third kappa shape index (κ3) is 2.70. The standard InChI is InChI=1S/C16H28N2O/c1-2-4-16-12(3-1)5-6-13(17-16)9-18-10-14-7-8-15(11-18)19-14/h12-17H,1-11H2. The second kappa shape index (κ2) is 5.34. The molecule has 0 amide bonds. The molecule has 4 rings (SSSR count). The molecule has 4 aliphatic rings. The van der Waals surface area contributed by atoms with E-state index in [9.17, 15) is 0 Å². The van der Waals surface area contributed by atoms with Gasteiger partial charge in [-0.15, -0.1) is 0 Å². The van der Waals surface area contributed by atoms with Crippen LogP contribution in [0.4, 0.5) is 0 Å². The number of morpholine rings is 1. The first-order chi connectivity index (χ1) is 9.37. The van der Waals surface area contributed by atoms with Crippen LogP contribution in [-0.2, 0) is 4.74 Å². The number of likely N-dealkylation sites (tertiary alicyclic amines) is 1. The van der Waals surface area contributed by atoms with Gasteiger partial charge in [0.05, 0.1) is 12.2 Å². The average molecular weight is 264 g/mol. The summed E-state index contributed by atoms with van der Waals surface area (Å²) in [5, 5.41) is 3.97. The molecule has 1 aliphatic carbocycles. The van der Waals surface area contributed by atoms with Gasteiger partial charge in [-0.3, -0.25) is 4.90 Å². The topological polar surface area (TPSA) is 24.5 Å². The molecule has 0 radical (unpaired) electrons. The van der Waals surface area contributed by atoms with Gasteiger partial charge in [0.2, 0.25) is 0 Å². The molecule has 108 valence electrons. The first-order valence-electron chi connectivity index (χ1n) is 8.51. The maximum atomic E-state index is 5.94. The maximum absolute atomic E-state index is 5.94. The molecule has 4 fully saturated rings. The van der Waals surface area contributed by atoms with Crippen LogP contribution in [0.15, 0.2) is 0 Å². The lowest BCUT2D eigenvalue weighted by atomic mass is 9.77. The van der Waals surface area contributed by atoms with E-state index in [1.807, 2.05) is 0 Å². The summed E-state index contributed by atoms with van der Waals surface area (Å²) in [6.07, 6.45) is 12.4. The summed E-state index contributed by atoms with van der Waals surface area (Å²) in [7, 11) is 0.